The summed E-state index contributed by atoms with van der Waals surface area (Å²) in [7, 11) is -4.41. The van der Waals surface area contributed by atoms with E-state index < -0.39 is 38.6 Å². The monoisotopic (exact) mass is 834 g/mol. The first-order valence-electron chi connectivity index (χ1n) is 22.2. The van der Waals surface area contributed by atoms with Gasteiger partial charge in [0.2, 0.25) is 0 Å². The molecule has 0 aliphatic carbocycles. The lowest BCUT2D eigenvalue weighted by molar-refractivity contribution is -0.161. The van der Waals surface area contributed by atoms with Gasteiger partial charge in [0.05, 0.1) is 19.3 Å². The topological polar surface area (TPSA) is 155 Å². The molecular formula is C47H80NO9P. The maximum absolute atomic E-state index is 12.6. The summed E-state index contributed by atoms with van der Waals surface area (Å²) in [5, 5.41) is 9.84. The zero-order chi connectivity index (χ0) is 42.6. The van der Waals surface area contributed by atoms with Crippen molar-refractivity contribution in [2.45, 2.75) is 174 Å². The third kappa shape index (κ3) is 41.3. The van der Waals surface area contributed by atoms with Crippen LogP contribution >= 0.6 is 7.82 Å². The van der Waals surface area contributed by atoms with E-state index in [0.717, 1.165) is 51.4 Å². The minimum absolute atomic E-state index is 0.0307. The van der Waals surface area contributed by atoms with Gasteiger partial charge in [-0.25, -0.2) is 4.57 Å². The number of esters is 2. The Balaban J connectivity index is 4.33. The number of rotatable bonds is 40. The van der Waals surface area contributed by atoms with Crippen molar-refractivity contribution in [1.29, 1.82) is 0 Å². The first-order valence-corrected chi connectivity index (χ1v) is 23.7. The summed E-state index contributed by atoms with van der Waals surface area (Å²) in [4.78, 5) is 34.9. The molecule has 2 unspecified atom stereocenters. The normalized spacial score (nSPS) is 14.6. The Morgan fingerprint density at radius 2 is 1.19 bits per heavy atom. The smallest absolute Gasteiger partial charge is 0.462 e. The number of hydrogen-bond acceptors (Lipinski definition) is 9. The fraction of sp³-hybridized carbons (Fsp3) is 0.660. The summed E-state index contributed by atoms with van der Waals surface area (Å²) in [5.41, 5.74) is 5.34. The Bertz CT molecular complexity index is 1240. The quantitative estimate of drug-likeness (QED) is 0.0179. The van der Waals surface area contributed by atoms with E-state index in [0.29, 0.717) is 19.3 Å². The molecule has 0 rings (SSSR count). The van der Waals surface area contributed by atoms with Crippen LogP contribution in [0.2, 0.25) is 0 Å². The average molecular weight is 834 g/mol. The zero-order valence-corrected chi connectivity index (χ0v) is 37.0. The van der Waals surface area contributed by atoms with Crippen LogP contribution in [0.3, 0.4) is 0 Å². The van der Waals surface area contributed by atoms with Crippen molar-refractivity contribution in [3.05, 3.63) is 85.1 Å². The lowest BCUT2D eigenvalue weighted by atomic mass is 10.1. The highest BCUT2D eigenvalue weighted by Crippen LogP contribution is 2.43. The second-order valence-electron chi connectivity index (χ2n) is 14.4. The fourth-order valence-electron chi connectivity index (χ4n) is 5.56. The van der Waals surface area contributed by atoms with E-state index in [4.69, 9.17) is 24.3 Å². The van der Waals surface area contributed by atoms with Crippen LogP contribution in [0.25, 0.3) is 0 Å². The van der Waals surface area contributed by atoms with Crippen molar-refractivity contribution in [2.24, 2.45) is 5.73 Å². The van der Waals surface area contributed by atoms with Gasteiger partial charge in [-0.05, 0) is 70.6 Å². The van der Waals surface area contributed by atoms with Crippen molar-refractivity contribution >= 4 is 19.8 Å². The molecule has 0 aliphatic rings. The minimum atomic E-state index is -4.41. The van der Waals surface area contributed by atoms with Crippen LogP contribution in [0.1, 0.15) is 162 Å². The summed E-state index contributed by atoms with van der Waals surface area (Å²) < 4.78 is 32.7. The van der Waals surface area contributed by atoms with Crippen molar-refractivity contribution < 1.29 is 42.7 Å². The summed E-state index contributed by atoms with van der Waals surface area (Å²) in [6.07, 6.45) is 49.6. The molecular weight excluding hydrogens is 753 g/mol. The molecule has 0 fully saturated rings. The first kappa shape index (κ1) is 55.2. The predicted molar refractivity (Wildman–Crippen MR) is 239 cm³/mol. The Hall–Kier alpha value is -2.85. The molecule has 332 valence electrons. The molecule has 11 heteroatoms. The van der Waals surface area contributed by atoms with Crippen LogP contribution in [0.4, 0.5) is 0 Å². The molecule has 0 aromatic carbocycles. The molecule has 58 heavy (non-hydrogen) atoms. The summed E-state index contributed by atoms with van der Waals surface area (Å²) >= 11 is 0. The number of nitrogens with two attached hydrogens (primary N) is 1. The molecule has 0 saturated heterocycles. The van der Waals surface area contributed by atoms with Crippen LogP contribution in [0, 0.1) is 0 Å². The number of phosphoric ester groups is 1. The number of carbonyl (C=O) groups is 2. The standard InChI is InChI=1S/C47H80NO9P/c1-3-5-7-8-9-10-11-12-13-14-15-18-21-24-27-30-34-38-46(50)54-42-45(43-56-58(52,53)55-41-40-48)57-47(51)39-35-31-28-25-22-19-16-17-20-23-26-29-33-37-44(49)36-32-6-4-2/h6,12-13,17,19-20,22,26,28-29,31-33,37,44-45,49H,3-5,7-11,14-16,18,21,23-25,27,30,34-36,38-43,48H2,1-2H3,(H,52,53)/b13-12-,20-17-,22-19-,29-26+,31-28-,32-6-,37-33+/t44?,45-/m1/s1. The van der Waals surface area contributed by atoms with E-state index in [1.807, 2.05) is 48.6 Å². The largest absolute Gasteiger partial charge is 0.472 e. The average Bonchev–Trinajstić information content (AvgIpc) is 3.20. The van der Waals surface area contributed by atoms with Gasteiger partial charge in [-0.1, -0.05) is 163 Å². The van der Waals surface area contributed by atoms with E-state index in [1.165, 1.54) is 64.2 Å². The molecule has 0 aromatic rings. The maximum Gasteiger partial charge on any atom is 0.472 e. The number of ether oxygens (including phenoxy) is 2. The molecule has 0 saturated carbocycles. The van der Waals surface area contributed by atoms with Gasteiger partial charge < -0.3 is 25.2 Å². The second-order valence-corrected chi connectivity index (χ2v) is 15.8. The van der Waals surface area contributed by atoms with Crippen molar-refractivity contribution in [3.63, 3.8) is 0 Å². The molecule has 0 amide bonds. The van der Waals surface area contributed by atoms with Crippen LogP contribution in [0.15, 0.2) is 85.1 Å². The van der Waals surface area contributed by atoms with Crippen LogP contribution < -0.4 is 5.73 Å². The highest BCUT2D eigenvalue weighted by atomic mass is 31.2. The SMILES string of the molecule is CC/C=C\CC(O)/C=C/C=C/C/C=C\C/C=C\C/C=C\CCC(=O)O[C@H](COC(=O)CCCCCCCCC/C=C\CCCCCCCC)COP(=O)(O)OCCN. The van der Waals surface area contributed by atoms with E-state index in [1.54, 1.807) is 6.08 Å². The van der Waals surface area contributed by atoms with Gasteiger partial charge >= 0.3 is 19.8 Å². The maximum atomic E-state index is 12.6. The Morgan fingerprint density at radius 3 is 1.81 bits per heavy atom. The number of aliphatic hydroxyl groups is 1. The Labute approximate surface area is 352 Å². The van der Waals surface area contributed by atoms with E-state index in [9.17, 15) is 24.2 Å². The number of carbonyl (C=O) groups excluding carboxylic acids is 2. The van der Waals surface area contributed by atoms with Crippen molar-refractivity contribution in [1.82, 2.24) is 0 Å². The van der Waals surface area contributed by atoms with E-state index in [-0.39, 0.29) is 32.6 Å². The van der Waals surface area contributed by atoms with Crippen LogP contribution in [-0.4, -0.2) is 60.5 Å². The van der Waals surface area contributed by atoms with Gasteiger partial charge in [0.1, 0.15) is 6.61 Å². The molecule has 4 N–H and O–H groups in total. The van der Waals surface area contributed by atoms with Gasteiger partial charge in [-0.3, -0.25) is 18.6 Å². The van der Waals surface area contributed by atoms with Crippen molar-refractivity contribution in [3.8, 4) is 0 Å². The van der Waals surface area contributed by atoms with Gasteiger partial charge in [0.25, 0.3) is 0 Å². The van der Waals surface area contributed by atoms with E-state index in [2.05, 4.69) is 44.2 Å². The van der Waals surface area contributed by atoms with Crippen LogP contribution in [0.5, 0.6) is 0 Å². The minimum Gasteiger partial charge on any atom is -0.462 e. The Morgan fingerprint density at radius 1 is 0.621 bits per heavy atom. The summed E-state index contributed by atoms with van der Waals surface area (Å²) in [6.45, 7) is 3.40. The number of phosphoric acid groups is 1. The second kappa shape index (κ2) is 42.3. The Kier molecular flexibility index (Phi) is 40.2. The molecule has 0 aromatic heterocycles. The molecule has 3 atom stereocenters. The van der Waals surface area contributed by atoms with Gasteiger partial charge in [-0.2, -0.15) is 0 Å². The molecule has 0 spiro atoms. The molecule has 0 heterocycles. The van der Waals surface area contributed by atoms with E-state index >= 15 is 0 Å². The lowest BCUT2D eigenvalue weighted by Gasteiger charge is -2.19. The van der Waals surface area contributed by atoms with Crippen LogP contribution in [-0.2, 0) is 32.7 Å². The third-order valence-electron chi connectivity index (χ3n) is 8.86. The number of aliphatic hydroxyl groups excluding tert-OH is 1. The number of hydrogen-bond donors (Lipinski definition) is 3. The number of unbranched alkanes of at least 4 members (excludes halogenated alkanes) is 13. The molecule has 0 aliphatic heterocycles. The highest BCUT2D eigenvalue weighted by Gasteiger charge is 2.25. The van der Waals surface area contributed by atoms with Gasteiger partial charge in [0.15, 0.2) is 6.10 Å². The zero-order valence-electron chi connectivity index (χ0n) is 36.1. The summed E-state index contributed by atoms with van der Waals surface area (Å²) in [6, 6.07) is 0. The highest BCUT2D eigenvalue weighted by molar-refractivity contribution is 7.47. The fourth-order valence-corrected chi connectivity index (χ4v) is 6.33. The third-order valence-corrected chi connectivity index (χ3v) is 9.84. The molecule has 0 radical (unpaired) electrons. The van der Waals surface area contributed by atoms with Gasteiger partial charge in [0, 0.05) is 19.4 Å². The lowest BCUT2D eigenvalue weighted by Crippen LogP contribution is -2.29. The summed E-state index contributed by atoms with van der Waals surface area (Å²) in [5.74, 6) is -0.959. The predicted octanol–water partition coefficient (Wildman–Crippen LogP) is 11.8. The van der Waals surface area contributed by atoms with Gasteiger partial charge in [-0.15, -0.1) is 0 Å². The number of allylic oxidation sites excluding steroid dienone is 12. The first-order chi connectivity index (χ1) is 28.2. The molecule has 0 bridgehead atoms. The molecule has 10 nitrogen and oxygen atoms in total. The van der Waals surface area contributed by atoms with Crippen molar-refractivity contribution in [2.75, 3.05) is 26.4 Å².